The minimum Gasteiger partial charge on any atom is -0.478 e. The number of hydrogen-bond donors (Lipinski definition) is 1. The van der Waals surface area contributed by atoms with Gasteiger partial charge in [0.1, 0.15) is 5.82 Å². The number of rotatable bonds is 11. The van der Waals surface area contributed by atoms with Crippen molar-refractivity contribution in [2.75, 3.05) is 0 Å². The van der Waals surface area contributed by atoms with Gasteiger partial charge < -0.3 is 5.11 Å². The van der Waals surface area contributed by atoms with Crippen LogP contribution in [0.1, 0.15) is 74.0 Å². The molecule has 2 aromatic carbocycles. The van der Waals surface area contributed by atoms with Gasteiger partial charge in [0, 0.05) is 19.4 Å². The minimum atomic E-state index is -3.04. The number of aryl methyl sites for hydroxylation is 1. The maximum absolute atomic E-state index is 14.6. The number of carboxylic acids is 1. The minimum absolute atomic E-state index is 0.234. The molecule has 0 radical (unpaired) electrons. The van der Waals surface area contributed by atoms with E-state index in [-0.39, 0.29) is 12.0 Å². The predicted octanol–water partition coefficient (Wildman–Crippen LogP) is 6.56. The normalized spacial score (nSPS) is 11.8. The molecule has 0 saturated heterocycles. The van der Waals surface area contributed by atoms with Crippen LogP contribution in [0.5, 0.6) is 0 Å². The van der Waals surface area contributed by atoms with Gasteiger partial charge in [0.05, 0.1) is 5.56 Å². The first-order valence-electron chi connectivity index (χ1n) is 11.4. The molecule has 0 unspecified atom stereocenters. The Morgan fingerprint density at radius 2 is 1.82 bits per heavy atom. The second-order valence-electron chi connectivity index (χ2n) is 8.79. The Morgan fingerprint density at radius 1 is 1.12 bits per heavy atom. The fourth-order valence-corrected chi connectivity index (χ4v) is 3.64. The second kappa shape index (κ2) is 10.7. The fraction of sp³-hybridized carbons (Fsp3) is 0.423. The number of carboxylic acid groups (broad SMARTS) is 1. The van der Waals surface area contributed by atoms with Gasteiger partial charge in [-0.3, -0.25) is 0 Å². The van der Waals surface area contributed by atoms with E-state index in [9.17, 15) is 18.7 Å². The van der Waals surface area contributed by atoms with Crippen molar-refractivity contribution in [3.05, 3.63) is 71.3 Å². The average Bonchev–Trinajstić information content (AvgIpc) is 3.20. The van der Waals surface area contributed by atoms with Crippen LogP contribution in [0.25, 0.3) is 11.1 Å². The number of nitrogens with zero attached hydrogens (tertiary/aromatic N) is 3. The molecule has 0 fully saturated rings. The van der Waals surface area contributed by atoms with Crippen molar-refractivity contribution in [1.29, 1.82) is 0 Å². The molecule has 3 rings (SSSR count). The molecule has 5 nitrogen and oxygen atoms in total. The zero-order chi connectivity index (χ0) is 24.0. The molecular weight excluding hydrogens is 424 g/mol. The predicted molar refractivity (Wildman–Crippen MR) is 125 cm³/mol. The van der Waals surface area contributed by atoms with E-state index in [1.165, 1.54) is 0 Å². The summed E-state index contributed by atoms with van der Waals surface area (Å²) in [6.45, 7) is 6.59. The van der Waals surface area contributed by atoms with E-state index in [1.807, 2.05) is 31.2 Å². The van der Waals surface area contributed by atoms with Crippen molar-refractivity contribution in [1.82, 2.24) is 14.8 Å². The highest BCUT2D eigenvalue weighted by molar-refractivity contribution is 5.95. The highest BCUT2D eigenvalue weighted by Crippen LogP contribution is 2.32. The molecule has 0 atom stereocenters. The second-order valence-corrected chi connectivity index (χ2v) is 8.79. The average molecular weight is 456 g/mol. The summed E-state index contributed by atoms with van der Waals surface area (Å²) in [5.74, 6) is -3.50. The number of aromatic nitrogens is 3. The molecule has 0 aliphatic heterocycles. The number of unbranched alkanes of at least 4 members (excludes halogenated alkanes) is 1. The van der Waals surface area contributed by atoms with Crippen LogP contribution < -0.4 is 0 Å². The van der Waals surface area contributed by atoms with Gasteiger partial charge in [-0.2, -0.15) is 8.78 Å². The molecule has 3 aromatic rings. The van der Waals surface area contributed by atoms with Crippen molar-refractivity contribution in [3.8, 4) is 11.1 Å². The first-order valence-corrected chi connectivity index (χ1v) is 11.4. The number of carbonyl (C=O) groups is 1. The van der Waals surface area contributed by atoms with E-state index in [4.69, 9.17) is 0 Å². The lowest BCUT2D eigenvalue weighted by molar-refractivity contribution is -0.0246. The quantitative estimate of drug-likeness (QED) is 0.355. The van der Waals surface area contributed by atoms with E-state index in [0.717, 1.165) is 17.5 Å². The zero-order valence-corrected chi connectivity index (χ0v) is 19.4. The highest BCUT2D eigenvalue weighted by atomic mass is 19.3. The van der Waals surface area contributed by atoms with Crippen molar-refractivity contribution in [3.63, 3.8) is 0 Å². The summed E-state index contributed by atoms with van der Waals surface area (Å²) < 4.78 is 30.9. The Morgan fingerprint density at radius 3 is 2.45 bits per heavy atom. The largest absolute Gasteiger partial charge is 0.478 e. The Bertz CT molecular complexity index is 1080. The van der Waals surface area contributed by atoms with Crippen molar-refractivity contribution in [2.24, 2.45) is 5.92 Å². The molecule has 0 aliphatic rings. The summed E-state index contributed by atoms with van der Waals surface area (Å²) in [5.41, 5.74) is 2.55. The Labute approximate surface area is 193 Å². The third-order valence-corrected chi connectivity index (χ3v) is 5.62. The van der Waals surface area contributed by atoms with Crippen molar-refractivity contribution in [2.45, 2.75) is 65.3 Å². The number of alkyl halides is 2. The zero-order valence-electron chi connectivity index (χ0n) is 19.4. The van der Waals surface area contributed by atoms with Crippen molar-refractivity contribution < 1.29 is 18.7 Å². The number of aromatic carboxylic acids is 1. The summed E-state index contributed by atoms with van der Waals surface area (Å²) in [5, 5.41) is 13.6. The smallest absolute Gasteiger partial charge is 0.336 e. The third kappa shape index (κ3) is 6.24. The number of benzene rings is 2. The van der Waals surface area contributed by atoms with E-state index in [2.05, 4.69) is 23.9 Å². The molecule has 176 valence electrons. The maximum Gasteiger partial charge on any atom is 0.336 e. The summed E-state index contributed by atoms with van der Waals surface area (Å²) in [6, 6.07) is 14.3. The molecule has 33 heavy (non-hydrogen) atoms. The fourth-order valence-electron chi connectivity index (χ4n) is 3.64. The molecule has 1 N–H and O–H groups in total. The van der Waals surface area contributed by atoms with Gasteiger partial charge in [-0.25, -0.2) is 14.5 Å². The number of halogens is 2. The first kappa shape index (κ1) is 24.6. The van der Waals surface area contributed by atoms with Gasteiger partial charge in [-0.05, 0) is 41.5 Å². The lowest BCUT2D eigenvalue weighted by Crippen LogP contribution is -2.16. The number of hydrogen-bond acceptors (Lipinski definition) is 3. The molecule has 1 heterocycles. The molecular formula is C26H31F2N3O2. The summed E-state index contributed by atoms with van der Waals surface area (Å²) in [4.78, 5) is 15.8. The maximum atomic E-state index is 14.6. The van der Waals surface area contributed by atoms with E-state index in [1.54, 1.807) is 28.9 Å². The standard InChI is InChI=1S/C26H31F2N3O2/c1-4-5-15-26(27,28)25-29-23(31(30-25)16-14-18(2)3)17-19-10-12-20(13-11-19)21-8-6-7-9-22(21)24(32)33/h6-13,18H,4-5,14-17H2,1-3H3,(H,32,33). The van der Waals surface area contributed by atoms with Crippen molar-refractivity contribution >= 4 is 5.97 Å². The molecule has 7 heteroatoms. The third-order valence-electron chi connectivity index (χ3n) is 5.62. The van der Waals surface area contributed by atoms with E-state index < -0.39 is 17.7 Å². The highest BCUT2D eigenvalue weighted by Gasteiger charge is 2.36. The van der Waals surface area contributed by atoms with Gasteiger partial charge in [-0.1, -0.05) is 69.7 Å². The van der Waals surface area contributed by atoms with Crippen LogP contribution in [-0.4, -0.2) is 25.8 Å². The van der Waals surface area contributed by atoms with Crippen LogP contribution in [0.2, 0.25) is 0 Å². The molecule has 1 aromatic heterocycles. The summed E-state index contributed by atoms with van der Waals surface area (Å²) >= 11 is 0. The SMILES string of the molecule is CCCCC(F)(F)c1nc(Cc2ccc(-c3ccccc3C(=O)O)cc2)n(CCC(C)C)n1. The Kier molecular flexibility index (Phi) is 7.95. The van der Waals surface area contributed by atoms with Crippen LogP contribution in [0.4, 0.5) is 8.78 Å². The topological polar surface area (TPSA) is 68.0 Å². The van der Waals surface area contributed by atoms with Gasteiger partial charge in [0.15, 0.2) is 0 Å². The van der Waals surface area contributed by atoms with E-state index >= 15 is 0 Å². The van der Waals surface area contributed by atoms with Crippen LogP contribution in [0.15, 0.2) is 48.5 Å². The monoisotopic (exact) mass is 455 g/mol. The molecule has 0 bridgehead atoms. The Hall–Kier alpha value is -3.09. The van der Waals surface area contributed by atoms with Crippen LogP contribution >= 0.6 is 0 Å². The van der Waals surface area contributed by atoms with Crippen LogP contribution in [0.3, 0.4) is 0 Å². The summed E-state index contributed by atoms with van der Waals surface area (Å²) in [7, 11) is 0. The molecule has 0 aliphatic carbocycles. The molecule has 0 saturated carbocycles. The van der Waals surface area contributed by atoms with Gasteiger partial charge >= 0.3 is 11.9 Å². The van der Waals surface area contributed by atoms with Crippen LogP contribution in [0, 0.1) is 5.92 Å². The molecule has 0 spiro atoms. The first-order chi connectivity index (χ1) is 15.7. The van der Waals surface area contributed by atoms with Gasteiger partial charge in [0.2, 0.25) is 5.82 Å². The van der Waals surface area contributed by atoms with E-state index in [0.29, 0.717) is 43.1 Å². The molecule has 0 amide bonds. The lowest BCUT2D eigenvalue weighted by atomic mass is 9.98. The van der Waals surface area contributed by atoms with Gasteiger partial charge in [0.25, 0.3) is 0 Å². The van der Waals surface area contributed by atoms with Crippen LogP contribution in [-0.2, 0) is 18.9 Å². The van der Waals surface area contributed by atoms with Gasteiger partial charge in [-0.15, -0.1) is 5.10 Å². The summed E-state index contributed by atoms with van der Waals surface area (Å²) in [6.07, 6.45) is 2.04. The lowest BCUT2D eigenvalue weighted by Gasteiger charge is -2.11. The Balaban J connectivity index is 1.86.